The lowest BCUT2D eigenvalue weighted by Gasteiger charge is -2.31. The van der Waals surface area contributed by atoms with Crippen LogP contribution in [0.25, 0.3) is 11.1 Å². The zero-order valence-electron chi connectivity index (χ0n) is 13.1. The molecule has 0 saturated carbocycles. The van der Waals surface area contributed by atoms with Crippen molar-refractivity contribution in [3.63, 3.8) is 0 Å². The molecule has 0 aliphatic heterocycles. The molecule has 0 aliphatic carbocycles. The van der Waals surface area contributed by atoms with Gasteiger partial charge >= 0.3 is 13.6 Å². The molecule has 2 rings (SSSR count). The van der Waals surface area contributed by atoms with Gasteiger partial charge in [0.1, 0.15) is 12.4 Å². The van der Waals surface area contributed by atoms with Crippen LogP contribution in [0.15, 0.2) is 54.6 Å². The molecule has 0 bridgehead atoms. The van der Waals surface area contributed by atoms with Gasteiger partial charge in [-0.15, -0.1) is 0 Å². The average molecular weight is 366 g/mol. The molecule has 7 N–H and O–H groups in total. The van der Waals surface area contributed by atoms with E-state index in [0.29, 0.717) is 0 Å². The van der Waals surface area contributed by atoms with Gasteiger partial charge in [-0.1, -0.05) is 54.6 Å². The van der Waals surface area contributed by atoms with E-state index in [9.17, 15) is 19.6 Å². The summed E-state index contributed by atoms with van der Waals surface area (Å²) < 4.78 is 11.0. The fourth-order valence-corrected chi connectivity index (χ4v) is 2.74. The first-order valence-corrected chi connectivity index (χ1v) is 9.08. The van der Waals surface area contributed by atoms with Crippen molar-refractivity contribution in [1.82, 2.24) is 5.32 Å². The van der Waals surface area contributed by atoms with E-state index in [1.165, 1.54) is 12.1 Å². The maximum Gasteiger partial charge on any atom is 0.341 e. The summed E-state index contributed by atoms with van der Waals surface area (Å²) in [5.74, 6) is -1.64. The zero-order valence-corrected chi connectivity index (χ0v) is 14.0. The summed E-state index contributed by atoms with van der Waals surface area (Å²) in [6, 6.07) is 15.8. The third kappa shape index (κ3) is 4.73. The van der Waals surface area contributed by atoms with Crippen LogP contribution >= 0.6 is 7.60 Å². The quantitative estimate of drug-likeness (QED) is 0.311. The number of carbonyl (C=O) groups is 1. The highest BCUT2D eigenvalue weighted by Gasteiger charge is 2.43. The topological polar surface area (TPSA) is 153 Å². The standard InChI is InChI=1S/C16H19N2O6P/c17-16(15(20)21,18-10-25(22,23)24)14(19)13-8-6-12(7-9-13)11-4-2-1-3-5-11/h1-9,14,18-19H,10,17H2,(H,20,21)(H2,22,23,24). The highest BCUT2D eigenvalue weighted by atomic mass is 31.2. The second-order valence-corrected chi connectivity index (χ2v) is 7.21. The van der Waals surface area contributed by atoms with Crippen LogP contribution in [0, 0.1) is 0 Å². The van der Waals surface area contributed by atoms with Crippen molar-refractivity contribution < 1.29 is 29.4 Å². The fraction of sp³-hybridized carbons (Fsp3) is 0.188. The summed E-state index contributed by atoms with van der Waals surface area (Å²) in [6.07, 6.45) is -2.70. The van der Waals surface area contributed by atoms with E-state index >= 15 is 0 Å². The predicted molar refractivity (Wildman–Crippen MR) is 91.4 cm³/mol. The van der Waals surface area contributed by atoms with Crippen molar-refractivity contribution in [3.05, 3.63) is 60.2 Å². The summed E-state index contributed by atoms with van der Waals surface area (Å²) in [5, 5.41) is 21.7. The molecule has 8 nitrogen and oxygen atoms in total. The average Bonchev–Trinajstić information content (AvgIpc) is 2.59. The number of nitrogens with one attached hydrogen (secondary N) is 1. The molecule has 2 aromatic carbocycles. The minimum atomic E-state index is -4.55. The summed E-state index contributed by atoms with van der Waals surface area (Å²) in [4.78, 5) is 29.2. The number of rotatable bonds is 7. The van der Waals surface area contributed by atoms with Crippen LogP contribution in [0.2, 0.25) is 0 Å². The number of carboxylic acid groups (broad SMARTS) is 1. The van der Waals surface area contributed by atoms with Crippen LogP contribution < -0.4 is 11.1 Å². The van der Waals surface area contributed by atoms with Crippen molar-refractivity contribution >= 4 is 13.6 Å². The molecule has 0 saturated heterocycles. The van der Waals surface area contributed by atoms with Gasteiger partial charge in [0.25, 0.3) is 0 Å². The molecule has 0 spiro atoms. The molecule has 0 fully saturated rings. The molecule has 0 aromatic heterocycles. The van der Waals surface area contributed by atoms with E-state index in [1.807, 2.05) is 35.6 Å². The molecule has 0 radical (unpaired) electrons. The molecule has 0 heterocycles. The SMILES string of the molecule is NC(NCP(=O)(O)O)(C(=O)O)C(O)c1ccc(-c2ccccc2)cc1. The van der Waals surface area contributed by atoms with Crippen LogP contribution in [-0.4, -0.2) is 37.9 Å². The monoisotopic (exact) mass is 366 g/mol. The van der Waals surface area contributed by atoms with Gasteiger partial charge in [-0.3, -0.25) is 9.88 Å². The third-order valence-corrected chi connectivity index (χ3v) is 4.27. The number of hydrogen-bond acceptors (Lipinski definition) is 5. The number of benzene rings is 2. The van der Waals surface area contributed by atoms with E-state index in [0.717, 1.165) is 11.1 Å². The second-order valence-electron chi connectivity index (χ2n) is 5.56. The number of nitrogens with two attached hydrogens (primary N) is 1. The van der Waals surface area contributed by atoms with Crippen molar-refractivity contribution in [3.8, 4) is 11.1 Å². The van der Waals surface area contributed by atoms with Gasteiger partial charge in [0.2, 0.25) is 0 Å². The molecular formula is C16H19N2O6P. The molecule has 2 aromatic rings. The van der Waals surface area contributed by atoms with Crippen molar-refractivity contribution in [2.45, 2.75) is 11.8 Å². The summed E-state index contributed by atoms with van der Waals surface area (Å²) >= 11 is 0. The Morgan fingerprint density at radius 2 is 1.60 bits per heavy atom. The minimum absolute atomic E-state index is 0.197. The summed E-state index contributed by atoms with van der Waals surface area (Å²) in [5.41, 5.74) is 5.22. The third-order valence-electron chi connectivity index (χ3n) is 3.70. The molecule has 2 unspecified atom stereocenters. The molecule has 25 heavy (non-hydrogen) atoms. The Labute approximate surface area is 144 Å². The van der Waals surface area contributed by atoms with Gasteiger partial charge in [-0.2, -0.15) is 0 Å². The lowest BCUT2D eigenvalue weighted by molar-refractivity contribution is -0.150. The van der Waals surface area contributed by atoms with Crippen molar-refractivity contribution in [1.29, 1.82) is 0 Å². The number of aliphatic hydroxyl groups excluding tert-OH is 1. The van der Waals surface area contributed by atoms with Crippen molar-refractivity contribution in [2.75, 3.05) is 6.29 Å². The van der Waals surface area contributed by atoms with Crippen LogP contribution in [-0.2, 0) is 9.36 Å². The lowest BCUT2D eigenvalue weighted by atomic mass is 9.94. The van der Waals surface area contributed by atoms with Crippen molar-refractivity contribution in [2.24, 2.45) is 5.73 Å². The molecular weight excluding hydrogens is 347 g/mol. The van der Waals surface area contributed by atoms with Crippen LogP contribution in [0.1, 0.15) is 11.7 Å². The maximum absolute atomic E-state index is 11.4. The van der Waals surface area contributed by atoms with Gasteiger partial charge in [0, 0.05) is 0 Å². The Morgan fingerprint density at radius 3 is 2.08 bits per heavy atom. The first-order chi connectivity index (χ1) is 11.6. The Bertz CT molecular complexity index is 777. The first kappa shape index (κ1) is 19.3. The Morgan fingerprint density at radius 1 is 1.08 bits per heavy atom. The molecule has 134 valence electrons. The summed E-state index contributed by atoms with van der Waals surface area (Å²) in [6.45, 7) is 0. The van der Waals surface area contributed by atoms with Gasteiger partial charge < -0.3 is 25.7 Å². The smallest absolute Gasteiger partial charge is 0.341 e. The number of hydrogen-bond donors (Lipinski definition) is 6. The lowest BCUT2D eigenvalue weighted by Crippen LogP contribution is -2.63. The van der Waals surface area contributed by atoms with Gasteiger partial charge in [0.15, 0.2) is 5.66 Å². The molecule has 9 heteroatoms. The van der Waals surface area contributed by atoms with Gasteiger partial charge in [-0.05, 0) is 16.7 Å². The zero-order chi connectivity index (χ0) is 18.7. The second kappa shape index (κ2) is 7.45. The van der Waals surface area contributed by atoms with E-state index in [4.69, 9.17) is 15.5 Å². The van der Waals surface area contributed by atoms with E-state index in [1.54, 1.807) is 12.1 Å². The van der Waals surface area contributed by atoms with Crippen LogP contribution in [0.5, 0.6) is 0 Å². The highest BCUT2D eigenvalue weighted by molar-refractivity contribution is 7.51. The van der Waals surface area contributed by atoms with Gasteiger partial charge in [-0.25, -0.2) is 4.79 Å². The van der Waals surface area contributed by atoms with E-state index in [-0.39, 0.29) is 5.56 Å². The van der Waals surface area contributed by atoms with Gasteiger partial charge in [0.05, 0.1) is 0 Å². The molecule has 0 amide bonds. The normalized spacial score (nSPS) is 15.4. The Balaban J connectivity index is 2.26. The summed E-state index contributed by atoms with van der Waals surface area (Å²) in [7, 11) is -4.55. The number of carboxylic acids is 1. The Kier molecular flexibility index (Phi) is 5.74. The largest absolute Gasteiger partial charge is 0.479 e. The number of aliphatic carboxylic acids is 1. The van der Waals surface area contributed by atoms with Crippen LogP contribution in [0.4, 0.5) is 0 Å². The number of aliphatic hydroxyl groups is 1. The highest BCUT2D eigenvalue weighted by Crippen LogP contribution is 2.34. The first-order valence-electron chi connectivity index (χ1n) is 7.29. The predicted octanol–water partition coefficient (Wildman–Crippen LogP) is 0.851. The Hall–Kier alpha value is -2.06. The minimum Gasteiger partial charge on any atom is -0.479 e. The maximum atomic E-state index is 11.4. The van der Waals surface area contributed by atoms with Crippen LogP contribution in [0.3, 0.4) is 0 Å². The van der Waals surface area contributed by atoms with E-state index < -0.39 is 31.6 Å². The molecule has 2 atom stereocenters. The van der Waals surface area contributed by atoms with E-state index in [2.05, 4.69) is 0 Å². The fourth-order valence-electron chi connectivity index (χ4n) is 2.27. The molecule has 0 aliphatic rings.